The molecule has 0 aliphatic heterocycles. The number of hydrogen-bond acceptors (Lipinski definition) is 3. The maximum Gasteiger partial charge on any atom is 0.141 e. The summed E-state index contributed by atoms with van der Waals surface area (Å²) in [5, 5.41) is 1.15. The summed E-state index contributed by atoms with van der Waals surface area (Å²) in [6.07, 6.45) is 7.89. The Morgan fingerprint density at radius 1 is 1.09 bits per heavy atom. The van der Waals surface area contributed by atoms with Gasteiger partial charge in [0.15, 0.2) is 0 Å². The second-order valence-electron chi connectivity index (χ2n) is 5.38. The van der Waals surface area contributed by atoms with Crippen molar-refractivity contribution in [3.8, 4) is 0 Å². The molecule has 1 aromatic carbocycles. The van der Waals surface area contributed by atoms with Crippen LogP contribution in [0.15, 0.2) is 53.9 Å². The second kappa shape index (κ2) is 5.18. The van der Waals surface area contributed by atoms with Crippen LogP contribution in [0, 0.1) is 0 Å². The fraction of sp³-hybridized carbons (Fsp3) is 0.176. The Morgan fingerprint density at radius 3 is 2.68 bits per heavy atom. The minimum absolute atomic E-state index is 0.819. The maximum atomic E-state index is 4.50. The molecule has 22 heavy (non-hydrogen) atoms. The molecule has 0 unspecified atom stereocenters. The monoisotopic (exact) mass is 308 g/mol. The molecule has 3 heterocycles. The standard InChI is InChI=1S/C17H16N4S/c1-20-8-7-14-16-15(9-18-17(14)20)19-11-21(16)10-12-3-5-13(22-2)6-4-12/h3-9,11H,10H2,1-2H3. The van der Waals surface area contributed by atoms with E-state index in [1.807, 2.05) is 30.3 Å². The molecule has 5 heteroatoms. The number of aromatic nitrogens is 4. The topological polar surface area (TPSA) is 35.6 Å². The van der Waals surface area contributed by atoms with Gasteiger partial charge in [0.25, 0.3) is 0 Å². The van der Waals surface area contributed by atoms with E-state index in [2.05, 4.69) is 51.1 Å². The first-order chi connectivity index (χ1) is 10.8. The zero-order chi connectivity index (χ0) is 15.1. The van der Waals surface area contributed by atoms with Gasteiger partial charge in [0.2, 0.25) is 0 Å². The van der Waals surface area contributed by atoms with Crippen LogP contribution in [-0.2, 0) is 13.6 Å². The first-order valence-corrected chi connectivity index (χ1v) is 8.36. The molecule has 110 valence electrons. The summed E-state index contributed by atoms with van der Waals surface area (Å²) in [6.45, 7) is 0.819. The molecule has 3 aromatic heterocycles. The number of thioether (sulfide) groups is 1. The molecule has 0 N–H and O–H groups in total. The molecular weight excluding hydrogens is 292 g/mol. The number of benzene rings is 1. The number of pyridine rings is 1. The van der Waals surface area contributed by atoms with Crippen molar-refractivity contribution in [2.75, 3.05) is 6.26 Å². The molecule has 4 aromatic rings. The molecule has 0 amide bonds. The van der Waals surface area contributed by atoms with Gasteiger partial charge in [-0.05, 0) is 30.0 Å². The van der Waals surface area contributed by atoms with Gasteiger partial charge in [-0.3, -0.25) is 0 Å². The highest BCUT2D eigenvalue weighted by Gasteiger charge is 2.10. The summed E-state index contributed by atoms with van der Waals surface area (Å²) < 4.78 is 4.24. The van der Waals surface area contributed by atoms with Crippen LogP contribution in [0.25, 0.3) is 22.1 Å². The highest BCUT2D eigenvalue weighted by Crippen LogP contribution is 2.24. The number of nitrogens with zero attached hydrogens (tertiary/aromatic N) is 4. The first kappa shape index (κ1) is 13.4. The van der Waals surface area contributed by atoms with Gasteiger partial charge in [-0.2, -0.15) is 0 Å². The predicted molar refractivity (Wildman–Crippen MR) is 91.3 cm³/mol. The van der Waals surface area contributed by atoms with Crippen LogP contribution in [0.4, 0.5) is 0 Å². The van der Waals surface area contributed by atoms with E-state index < -0.39 is 0 Å². The van der Waals surface area contributed by atoms with Crippen molar-refractivity contribution in [2.24, 2.45) is 7.05 Å². The minimum atomic E-state index is 0.819. The van der Waals surface area contributed by atoms with E-state index in [1.165, 1.54) is 10.5 Å². The number of rotatable bonds is 3. The van der Waals surface area contributed by atoms with Gasteiger partial charge in [-0.1, -0.05) is 12.1 Å². The third-order valence-corrected chi connectivity index (χ3v) is 4.73. The van der Waals surface area contributed by atoms with Gasteiger partial charge in [0, 0.05) is 30.1 Å². The Labute approximate surface area is 132 Å². The van der Waals surface area contributed by atoms with E-state index in [9.17, 15) is 0 Å². The molecule has 4 nitrogen and oxygen atoms in total. The summed E-state index contributed by atoms with van der Waals surface area (Å²) in [7, 11) is 2.02. The molecule has 4 rings (SSSR count). The van der Waals surface area contributed by atoms with E-state index in [1.54, 1.807) is 11.8 Å². The molecule has 0 saturated heterocycles. The summed E-state index contributed by atoms with van der Waals surface area (Å²) in [4.78, 5) is 10.3. The maximum absolute atomic E-state index is 4.50. The highest BCUT2D eigenvalue weighted by molar-refractivity contribution is 7.98. The molecule has 0 bridgehead atoms. The molecule has 0 fully saturated rings. The van der Waals surface area contributed by atoms with Crippen LogP contribution in [-0.4, -0.2) is 25.4 Å². The third-order valence-electron chi connectivity index (χ3n) is 3.98. The summed E-state index contributed by atoms with van der Waals surface area (Å²) >= 11 is 1.76. The Hall–Kier alpha value is -2.27. The van der Waals surface area contributed by atoms with Crippen LogP contribution in [0.2, 0.25) is 0 Å². The molecule has 0 atom stereocenters. The molecule has 0 aliphatic rings. The average molecular weight is 308 g/mol. The van der Waals surface area contributed by atoms with Crippen LogP contribution in [0.3, 0.4) is 0 Å². The fourth-order valence-electron chi connectivity index (χ4n) is 2.82. The Kier molecular flexibility index (Phi) is 3.15. The molecule has 0 saturated carbocycles. The predicted octanol–water partition coefficient (Wildman–Crippen LogP) is 3.69. The van der Waals surface area contributed by atoms with Gasteiger partial charge >= 0.3 is 0 Å². The van der Waals surface area contributed by atoms with Crippen molar-refractivity contribution in [1.29, 1.82) is 0 Å². The van der Waals surface area contributed by atoms with Crippen molar-refractivity contribution in [2.45, 2.75) is 11.4 Å². The SMILES string of the molecule is CSc1ccc(Cn2cnc3cnc4c(ccn4C)c32)cc1. The van der Waals surface area contributed by atoms with Gasteiger partial charge < -0.3 is 9.13 Å². The second-order valence-corrected chi connectivity index (χ2v) is 6.26. The lowest BCUT2D eigenvalue weighted by molar-refractivity contribution is 0.825. The van der Waals surface area contributed by atoms with Gasteiger partial charge in [0.05, 0.1) is 18.0 Å². The lowest BCUT2D eigenvalue weighted by Gasteiger charge is -2.06. The van der Waals surface area contributed by atoms with Crippen LogP contribution in [0.1, 0.15) is 5.56 Å². The van der Waals surface area contributed by atoms with Crippen LogP contribution < -0.4 is 0 Å². The van der Waals surface area contributed by atoms with Crippen molar-refractivity contribution < 1.29 is 0 Å². The molecular formula is C17H16N4S. The Morgan fingerprint density at radius 2 is 1.91 bits per heavy atom. The Balaban J connectivity index is 1.82. The van der Waals surface area contributed by atoms with Crippen LogP contribution >= 0.6 is 11.8 Å². The van der Waals surface area contributed by atoms with Gasteiger partial charge in [0.1, 0.15) is 11.2 Å². The van der Waals surface area contributed by atoms with E-state index in [-0.39, 0.29) is 0 Å². The molecule has 0 spiro atoms. The van der Waals surface area contributed by atoms with Crippen molar-refractivity contribution in [3.05, 3.63) is 54.6 Å². The largest absolute Gasteiger partial charge is 0.336 e. The zero-order valence-corrected chi connectivity index (χ0v) is 13.3. The number of fused-ring (bicyclic) bond motifs is 3. The van der Waals surface area contributed by atoms with Crippen molar-refractivity contribution >= 4 is 33.8 Å². The fourth-order valence-corrected chi connectivity index (χ4v) is 3.23. The lowest BCUT2D eigenvalue weighted by atomic mass is 10.2. The van der Waals surface area contributed by atoms with Crippen molar-refractivity contribution in [3.63, 3.8) is 0 Å². The molecule has 0 aliphatic carbocycles. The normalized spacial score (nSPS) is 11.5. The average Bonchev–Trinajstić information content (AvgIpc) is 3.12. The quantitative estimate of drug-likeness (QED) is 0.541. The zero-order valence-electron chi connectivity index (χ0n) is 12.5. The number of imidazole rings is 1. The van der Waals surface area contributed by atoms with Crippen molar-refractivity contribution in [1.82, 2.24) is 19.1 Å². The summed E-state index contributed by atoms with van der Waals surface area (Å²) in [6, 6.07) is 10.8. The molecule has 0 radical (unpaired) electrons. The first-order valence-electron chi connectivity index (χ1n) is 7.14. The smallest absolute Gasteiger partial charge is 0.141 e. The van der Waals surface area contributed by atoms with Crippen LogP contribution in [0.5, 0.6) is 0 Å². The number of aryl methyl sites for hydroxylation is 1. The van der Waals surface area contributed by atoms with E-state index in [4.69, 9.17) is 0 Å². The lowest BCUT2D eigenvalue weighted by Crippen LogP contribution is -1.98. The van der Waals surface area contributed by atoms with Gasteiger partial charge in [-0.25, -0.2) is 9.97 Å². The number of hydrogen-bond donors (Lipinski definition) is 0. The van der Waals surface area contributed by atoms with E-state index in [0.29, 0.717) is 0 Å². The van der Waals surface area contributed by atoms with E-state index in [0.717, 1.165) is 28.6 Å². The summed E-state index contributed by atoms with van der Waals surface area (Å²) in [5.74, 6) is 0. The minimum Gasteiger partial charge on any atom is -0.336 e. The summed E-state index contributed by atoms with van der Waals surface area (Å²) in [5.41, 5.74) is 4.36. The third kappa shape index (κ3) is 2.09. The van der Waals surface area contributed by atoms with E-state index >= 15 is 0 Å². The Bertz CT molecular complexity index is 950. The van der Waals surface area contributed by atoms with Gasteiger partial charge in [-0.15, -0.1) is 11.8 Å². The highest BCUT2D eigenvalue weighted by atomic mass is 32.2.